The first kappa shape index (κ1) is 17.2. The quantitative estimate of drug-likeness (QED) is 0.355. The molecule has 1 aliphatic rings. The van der Waals surface area contributed by atoms with Crippen molar-refractivity contribution in [2.24, 2.45) is 5.92 Å². The van der Waals surface area contributed by atoms with E-state index in [4.69, 9.17) is 18.9 Å². The molecule has 0 spiro atoms. The summed E-state index contributed by atoms with van der Waals surface area (Å²) < 4.78 is 20.9. The van der Waals surface area contributed by atoms with Crippen LogP contribution in [0, 0.1) is 16.0 Å². The van der Waals surface area contributed by atoms with Crippen LogP contribution in [0.5, 0.6) is 5.75 Å². The summed E-state index contributed by atoms with van der Waals surface area (Å²) in [6.45, 7) is 4.98. The molecule has 0 aliphatic carbocycles. The number of hydrogen-bond acceptors (Lipinski definition) is 7. The zero-order chi connectivity index (χ0) is 16.9. The Kier molecular flexibility index (Phi) is 5.51. The number of carbonyl (C=O) groups excluding carboxylic acids is 1. The maximum atomic E-state index is 11.5. The maximum absolute atomic E-state index is 11.5. The lowest BCUT2D eigenvalue weighted by Gasteiger charge is -2.34. The molecule has 1 heterocycles. The van der Waals surface area contributed by atoms with Gasteiger partial charge in [-0.05, 0) is 32.4 Å². The molecule has 0 saturated carbocycles. The van der Waals surface area contributed by atoms with E-state index in [1.807, 2.05) is 13.8 Å². The van der Waals surface area contributed by atoms with Crippen LogP contribution in [-0.4, -0.2) is 36.7 Å². The number of nitro benzene ring substituents is 1. The van der Waals surface area contributed by atoms with Crippen LogP contribution in [0.4, 0.5) is 10.5 Å². The van der Waals surface area contributed by atoms with E-state index in [1.165, 1.54) is 24.3 Å². The number of benzene rings is 1. The van der Waals surface area contributed by atoms with Gasteiger partial charge >= 0.3 is 6.16 Å². The second kappa shape index (κ2) is 7.38. The topological polar surface area (TPSA) is 97.1 Å². The molecule has 1 aromatic carbocycles. The van der Waals surface area contributed by atoms with E-state index in [0.29, 0.717) is 19.6 Å². The van der Waals surface area contributed by atoms with Crippen molar-refractivity contribution in [2.75, 3.05) is 19.8 Å². The average molecular weight is 325 g/mol. The fraction of sp³-hybridized carbons (Fsp3) is 0.533. The lowest BCUT2D eigenvalue weighted by atomic mass is 10.1. The van der Waals surface area contributed by atoms with Gasteiger partial charge in [-0.3, -0.25) is 10.1 Å². The monoisotopic (exact) mass is 325 g/mol. The summed E-state index contributed by atoms with van der Waals surface area (Å²) in [6.07, 6.45) is -0.248. The molecule has 0 unspecified atom stereocenters. The fourth-order valence-corrected chi connectivity index (χ4v) is 1.96. The van der Waals surface area contributed by atoms with Crippen molar-refractivity contribution in [3.05, 3.63) is 34.4 Å². The molecular weight excluding hydrogens is 306 g/mol. The molecule has 126 valence electrons. The fourth-order valence-electron chi connectivity index (χ4n) is 1.96. The van der Waals surface area contributed by atoms with Crippen LogP contribution < -0.4 is 4.74 Å². The van der Waals surface area contributed by atoms with Gasteiger partial charge in [-0.25, -0.2) is 4.79 Å². The van der Waals surface area contributed by atoms with Gasteiger partial charge in [0.05, 0.1) is 24.7 Å². The molecule has 1 aromatic rings. The highest BCUT2D eigenvalue weighted by molar-refractivity contribution is 5.63. The van der Waals surface area contributed by atoms with Crippen molar-refractivity contribution in [3.63, 3.8) is 0 Å². The second-order valence-electron chi connectivity index (χ2n) is 5.63. The van der Waals surface area contributed by atoms with Crippen molar-refractivity contribution in [3.8, 4) is 5.75 Å². The molecule has 1 saturated heterocycles. The van der Waals surface area contributed by atoms with Crippen LogP contribution >= 0.6 is 0 Å². The summed E-state index contributed by atoms with van der Waals surface area (Å²) in [5.74, 6) is -0.214. The van der Waals surface area contributed by atoms with Gasteiger partial charge in [0, 0.05) is 18.1 Å². The highest BCUT2D eigenvalue weighted by Gasteiger charge is 2.28. The Hall–Kier alpha value is -2.19. The summed E-state index contributed by atoms with van der Waals surface area (Å²) >= 11 is 0. The van der Waals surface area contributed by atoms with Crippen LogP contribution in [0.25, 0.3) is 0 Å². The van der Waals surface area contributed by atoms with Gasteiger partial charge in [-0.15, -0.1) is 0 Å². The van der Waals surface area contributed by atoms with E-state index in [0.717, 1.165) is 0 Å². The smallest absolute Gasteiger partial charge is 0.434 e. The third-order valence-electron chi connectivity index (χ3n) is 3.33. The molecule has 0 N–H and O–H groups in total. The first-order chi connectivity index (χ1) is 10.9. The normalized spacial score (nSPS) is 17.5. The molecule has 23 heavy (non-hydrogen) atoms. The number of nitrogens with zero attached hydrogens (tertiary/aromatic N) is 1. The van der Waals surface area contributed by atoms with Crippen LogP contribution in [0.3, 0.4) is 0 Å². The molecular formula is C15H19NO7. The van der Waals surface area contributed by atoms with E-state index in [-0.39, 0.29) is 24.0 Å². The highest BCUT2D eigenvalue weighted by Crippen LogP contribution is 2.22. The van der Waals surface area contributed by atoms with Gasteiger partial charge in [0.15, 0.2) is 5.79 Å². The van der Waals surface area contributed by atoms with Crippen LogP contribution in [0.15, 0.2) is 24.3 Å². The van der Waals surface area contributed by atoms with Crippen molar-refractivity contribution >= 4 is 11.8 Å². The SMILES string of the molecule is CC1(C)OCC(CCOC(=O)Oc2ccc([N+](=O)[O-])cc2)CO1. The number of rotatable bonds is 5. The standard InChI is InChI=1S/C15H19NO7/c1-15(2)21-9-11(10-22-15)7-8-20-14(17)23-13-5-3-12(4-6-13)16(18)19/h3-6,11H,7-10H2,1-2H3. The van der Waals surface area contributed by atoms with Gasteiger partial charge in [0.25, 0.3) is 5.69 Å². The van der Waals surface area contributed by atoms with Gasteiger partial charge in [0.1, 0.15) is 5.75 Å². The second-order valence-corrected chi connectivity index (χ2v) is 5.63. The van der Waals surface area contributed by atoms with Crippen LogP contribution in [0.1, 0.15) is 20.3 Å². The molecule has 0 bridgehead atoms. The Labute approximate surface area is 133 Å². The third-order valence-corrected chi connectivity index (χ3v) is 3.33. The van der Waals surface area contributed by atoms with Crippen molar-refractivity contribution in [2.45, 2.75) is 26.1 Å². The minimum Gasteiger partial charge on any atom is -0.434 e. The summed E-state index contributed by atoms with van der Waals surface area (Å²) in [5, 5.41) is 10.5. The molecule has 1 aliphatic heterocycles. The zero-order valence-corrected chi connectivity index (χ0v) is 13.0. The van der Waals surface area contributed by atoms with Crippen molar-refractivity contribution < 1.29 is 28.7 Å². The molecule has 0 amide bonds. The average Bonchev–Trinajstić information content (AvgIpc) is 2.49. The van der Waals surface area contributed by atoms with Crippen molar-refractivity contribution in [1.82, 2.24) is 0 Å². The Morgan fingerprint density at radius 2 is 1.91 bits per heavy atom. The number of hydrogen-bond donors (Lipinski definition) is 0. The Morgan fingerprint density at radius 1 is 1.30 bits per heavy atom. The summed E-state index contributed by atoms with van der Waals surface area (Å²) in [7, 11) is 0. The van der Waals surface area contributed by atoms with Crippen LogP contribution in [-0.2, 0) is 14.2 Å². The third kappa shape index (κ3) is 5.50. The predicted octanol–water partition coefficient (Wildman–Crippen LogP) is 2.90. The van der Waals surface area contributed by atoms with E-state index < -0.39 is 16.9 Å². The van der Waals surface area contributed by atoms with Crippen LogP contribution in [0.2, 0.25) is 0 Å². The zero-order valence-electron chi connectivity index (χ0n) is 13.0. The van der Waals surface area contributed by atoms with E-state index >= 15 is 0 Å². The van der Waals surface area contributed by atoms with E-state index in [2.05, 4.69) is 0 Å². The minimum atomic E-state index is -0.850. The Bertz CT molecular complexity index is 545. The maximum Gasteiger partial charge on any atom is 0.513 e. The van der Waals surface area contributed by atoms with E-state index in [9.17, 15) is 14.9 Å². The minimum absolute atomic E-state index is 0.0778. The molecule has 1 fully saturated rings. The lowest BCUT2D eigenvalue weighted by Crippen LogP contribution is -2.39. The molecule has 0 aromatic heterocycles. The molecule has 2 rings (SSSR count). The largest absolute Gasteiger partial charge is 0.513 e. The van der Waals surface area contributed by atoms with Gasteiger partial charge in [-0.1, -0.05) is 0 Å². The molecule has 8 heteroatoms. The predicted molar refractivity (Wildman–Crippen MR) is 79.2 cm³/mol. The Morgan fingerprint density at radius 3 is 2.48 bits per heavy atom. The molecule has 0 atom stereocenters. The Balaban J connectivity index is 1.68. The number of non-ortho nitro benzene ring substituents is 1. The van der Waals surface area contributed by atoms with Gasteiger partial charge in [-0.2, -0.15) is 0 Å². The first-order valence-electron chi connectivity index (χ1n) is 7.23. The number of nitro groups is 1. The van der Waals surface area contributed by atoms with Gasteiger partial charge in [0.2, 0.25) is 0 Å². The highest BCUT2D eigenvalue weighted by atomic mass is 16.7. The molecule has 0 radical (unpaired) electrons. The van der Waals surface area contributed by atoms with Gasteiger partial charge < -0.3 is 18.9 Å². The summed E-state index contributed by atoms with van der Waals surface area (Å²) in [6, 6.07) is 5.18. The summed E-state index contributed by atoms with van der Waals surface area (Å²) in [4.78, 5) is 21.5. The number of ether oxygens (including phenoxy) is 4. The van der Waals surface area contributed by atoms with E-state index in [1.54, 1.807) is 0 Å². The number of carbonyl (C=O) groups is 1. The summed E-state index contributed by atoms with van der Waals surface area (Å²) in [5.41, 5.74) is -0.0778. The van der Waals surface area contributed by atoms with Crippen molar-refractivity contribution in [1.29, 1.82) is 0 Å². The first-order valence-corrected chi connectivity index (χ1v) is 7.23. The molecule has 8 nitrogen and oxygen atoms in total. The lowest BCUT2D eigenvalue weighted by molar-refractivity contribution is -0.384.